The molecule has 0 bridgehead atoms. The van der Waals surface area contributed by atoms with E-state index in [1.165, 1.54) is 24.0 Å². The van der Waals surface area contributed by atoms with Gasteiger partial charge in [0.2, 0.25) is 5.91 Å². The maximum absolute atomic E-state index is 12.0. The van der Waals surface area contributed by atoms with Crippen molar-refractivity contribution in [2.45, 2.75) is 51.0 Å². The summed E-state index contributed by atoms with van der Waals surface area (Å²) in [4.78, 5) is 18.7. The highest BCUT2D eigenvalue weighted by Gasteiger charge is 2.19. The highest BCUT2D eigenvalue weighted by Crippen LogP contribution is 2.19. The van der Waals surface area contributed by atoms with Crippen LogP contribution in [0.1, 0.15) is 50.5 Å². The van der Waals surface area contributed by atoms with Crippen LogP contribution in [0.3, 0.4) is 0 Å². The van der Waals surface area contributed by atoms with Gasteiger partial charge in [0.1, 0.15) is 0 Å². The van der Waals surface area contributed by atoms with Gasteiger partial charge in [-0.3, -0.25) is 9.79 Å². The summed E-state index contributed by atoms with van der Waals surface area (Å²) in [6.45, 7) is 2.56. The topological polar surface area (TPSA) is 56.7 Å². The lowest BCUT2D eigenvalue weighted by Crippen LogP contribution is -2.45. The second-order valence-electron chi connectivity index (χ2n) is 7.47. The van der Waals surface area contributed by atoms with E-state index < -0.39 is 0 Å². The lowest BCUT2D eigenvalue weighted by atomic mass is 10.0. The number of hydrogen-bond acceptors (Lipinski definition) is 2. The molecule has 1 heterocycles. The predicted molar refractivity (Wildman–Crippen MR) is 127 cm³/mol. The summed E-state index contributed by atoms with van der Waals surface area (Å²) >= 11 is 0. The molecule has 1 aromatic carbocycles. The summed E-state index contributed by atoms with van der Waals surface area (Å²) in [5.74, 6) is 1.05. The molecule has 28 heavy (non-hydrogen) atoms. The molecule has 6 heteroatoms. The van der Waals surface area contributed by atoms with Crippen LogP contribution in [0.15, 0.2) is 40.9 Å². The molecule has 1 saturated carbocycles. The number of guanidine groups is 1. The largest absolute Gasteiger partial charge is 0.356 e. The minimum atomic E-state index is 0. The molecular formula is C22H33IN4O. The molecule has 1 amide bonds. The van der Waals surface area contributed by atoms with Gasteiger partial charge in [-0.1, -0.05) is 54.8 Å². The molecule has 2 aliphatic rings. The molecule has 1 saturated heterocycles. The van der Waals surface area contributed by atoms with E-state index in [-0.39, 0.29) is 29.9 Å². The zero-order chi connectivity index (χ0) is 18.9. The van der Waals surface area contributed by atoms with Gasteiger partial charge in [0.25, 0.3) is 0 Å². The Labute approximate surface area is 186 Å². The third-order valence-electron chi connectivity index (χ3n) is 5.44. The minimum Gasteiger partial charge on any atom is -0.356 e. The Balaban J connectivity index is 0.00000280. The summed E-state index contributed by atoms with van der Waals surface area (Å²) in [6.07, 6.45) is 9.66. The van der Waals surface area contributed by atoms with Crippen LogP contribution in [0, 0.1) is 0 Å². The van der Waals surface area contributed by atoms with Gasteiger partial charge in [-0.25, -0.2) is 0 Å². The summed E-state index contributed by atoms with van der Waals surface area (Å²) in [5, 5.41) is 6.49. The molecule has 1 aliphatic carbocycles. The van der Waals surface area contributed by atoms with Crippen molar-refractivity contribution in [3.8, 4) is 0 Å². The molecule has 0 radical (unpaired) electrons. The zero-order valence-electron chi connectivity index (χ0n) is 16.8. The number of benzene rings is 1. The Kier molecular flexibility index (Phi) is 9.81. The van der Waals surface area contributed by atoms with Crippen molar-refractivity contribution in [2.24, 2.45) is 4.99 Å². The lowest BCUT2D eigenvalue weighted by Gasteiger charge is -2.31. The first-order valence-corrected chi connectivity index (χ1v) is 10.2. The molecule has 1 aromatic rings. The Morgan fingerprint density at radius 2 is 1.86 bits per heavy atom. The molecule has 5 nitrogen and oxygen atoms in total. The SMILES string of the molecule is CN=C(NCCC(=O)NC1CCCC1)N1CCC(=Cc2ccccc2)CC1.I. The molecule has 0 atom stereocenters. The average molecular weight is 496 g/mol. The van der Waals surface area contributed by atoms with Crippen LogP contribution in [0.4, 0.5) is 0 Å². The normalized spacial score (nSPS) is 17.8. The van der Waals surface area contributed by atoms with E-state index in [2.05, 4.69) is 50.9 Å². The van der Waals surface area contributed by atoms with Crippen LogP contribution >= 0.6 is 24.0 Å². The first kappa shape index (κ1) is 22.7. The summed E-state index contributed by atoms with van der Waals surface area (Å²) in [6, 6.07) is 10.9. The van der Waals surface area contributed by atoms with Crippen LogP contribution < -0.4 is 10.6 Å². The fourth-order valence-corrected chi connectivity index (χ4v) is 3.93. The molecule has 2 N–H and O–H groups in total. The summed E-state index contributed by atoms with van der Waals surface area (Å²) in [5.41, 5.74) is 2.76. The minimum absolute atomic E-state index is 0. The number of nitrogens with one attached hydrogen (secondary N) is 2. The number of carbonyl (C=O) groups is 1. The van der Waals surface area contributed by atoms with Crippen molar-refractivity contribution in [1.82, 2.24) is 15.5 Å². The van der Waals surface area contributed by atoms with Crippen molar-refractivity contribution in [3.05, 3.63) is 41.5 Å². The average Bonchev–Trinajstić information content (AvgIpc) is 3.20. The van der Waals surface area contributed by atoms with Crippen molar-refractivity contribution >= 4 is 41.9 Å². The summed E-state index contributed by atoms with van der Waals surface area (Å²) < 4.78 is 0. The molecule has 2 fully saturated rings. The predicted octanol–water partition coefficient (Wildman–Crippen LogP) is 3.81. The molecule has 0 aromatic heterocycles. The second kappa shape index (κ2) is 12.1. The molecule has 0 unspecified atom stereocenters. The first-order chi connectivity index (χ1) is 13.2. The number of nitrogens with zero attached hydrogens (tertiary/aromatic N) is 2. The Bertz CT molecular complexity index is 658. The van der Waals surface area contributed by atoms with Crippen molar-refractivity contribution in [3.63, 3.8) is 0 Å². The van der Waals surface area contributed by atoms with Crippen molar-refractivity contribution in [1.29, 1.82) is 0 Å². The zero-order valence-corrected chi connectivity index (χ0v) is 19.2. The molecule has 154 valence electrons. The van der Waals surface area contributed by atoms with E-state index in [0.717, 1.165) is 44.7 Å². The van der Waals surface area contributed by atoms with Crippen LogP contribution in [0.2, 0.25) is 0 Å². The standard InChI is InChI=1S/C22H32N4O.HI/c1-23-22(24-14-11-21(27)25-20-9-5-6-10-20)26-15-12-19(13-16-26)17-18-7-3-2-4-8-18;/h2-4,7-8,17,20H,5-6,9-16H2,1H3,(H,23,24)(H,25,27);1H. The smallest absolute Gasteiger partial charge is 0.221 e. The molecular weight excluding hydrogens is 463 g/mol. The third-order valence-corrected chi connectivity index (χ3v) is 5.44. The Hall–Kier alpha value is -1.57. The van der Waals surface area contributed by atoms with Crippen molar-refractivity contribution in [2.75, 3.05) is 26.7 Å². The van der Waals surface area contributed by atoms with E-state index in [9.17, 15) is 4.79 Å². The molecule has 3 rings (SSSR count). The number of carbonyl (C=O) groups excluding carboxylic acids is 1. The van der Waals surface area contributed by atoms with Gasteiger partial charge in [-0.2, -0.15) is 0 Å². The van der Waals surface area contributed by atoms with E-state index in [1.54, 1.807) is 0 Å². The third kappa shape index (κ3) is 7.11. The highest BCUT2D eigenvalue weighted by atomic mass is 127. The Morgan fingerprint density at radius 3 is 2.50 bits per heavy atom. The van der Waals surface area contributed by atoms with Gasteiger partial charge in [0.15, 0.2) is 5.96 Å². The number of halogens is 1. The van der Waals surface area contributed by atoms with Crippen LogP contribution in [0.5, 0.6) is 0 Å². The monoisotopic (exact) mass is 496 g/mol. The van der Waals surface area contributed by atoms with Gasteiger partial charge in [-0.15, -0.1) is 24.0 Å². The number of amides is 1. The number of rotatable bonds is 5. The van der Waals surface area contributed by atoms with E-state index in [0.29, 0.717) is 19.0 Å². The fourth-order valence-electron chi connectivity index (χ4n) is 3.93. The number of piperidine rings is 1. The van der Waals surface area contributed by atoms with Crippen LogP contribution in [-0.2, 0) is 4.79 Å². The number of likely N-dealkylation sites (tertiary alicyclic amines) is 1. The van der Waals surface area contributed by atoms with E-state index in [1.807, 2.05) is 13.1 Å². The van der Waals surface area contributed by atoms with Crippen LogP contribution in [0.25, 0.3) is 6.08 Å². The maximum atomic E-state index is 12.0. The second-order valence-corrected chi connectivity index (χ2v) is 7.47. The first-order valence-electron chi connectivity index (χ1n) is 10.2. The van der Waals surface area contributed by atoms with E-state index >= 15 is 0 Å². The quantitative estimate of drug-likeness (QED) is 0.371. The highest BCUT2D eigenvalue weighted by molar-refractivity contribution is 14.0. The van der Waals surface area contributed by atoms with Crippen molar-refractivity contribution < 1.29 is 4.79 Å². The van der Waals surface area contributed by atoms with Crippen LogP contribution in [-0.4, -0.2) is 49.5 Å². The number of aliphatic imine (C=N–C) groups is 1. The molecule has 1 aliphatic heterocycles. The van der Waals surface area contributed by atoms with Gasteiger partial charge in [0.05, 0.1) is 0 Å². The number of hydrogen-bond donors (Lipinski definition) is 2. The maximum Gasteiger partial charge on any atom is 0.221 e. The molecule has 0 spiro atoms. The van der Waals surface area contributed by atoms with Gasteiger partial charge >= 0.3 is 0 Å². The fraction of sp³-hybridized carbons (Fsp3) is 0.545. The Morgan fingerprint density at radius 1 is 1.18 bits per heavy atom. The van der Waals surface area contributed by atoms with Gasteiger partial charge in [-0.05, 0) is 31.2 Å². The van der Waals surface area contributed by atoms with E-state index in [4.69, 9.17) is 0 Å². The van der Waals surface area contributed by atoms with Gasteiger partial charge < -0.3 is 15.5 Å². The van der Waals surface area contributed by atoms with Gasteiger partial charge in [0, 0.05) is 39.1 Å². The lowest BCUT2D eigenvalue weighted by molar-refractivity contribution is -0.121. The summed E-state index contributed by atoms with van der Waals surface area (Å²) in [7, 11) is 1.82.